The molecule has 0 saturated carbocycles. The van der Waals surface area contributed by atoms with Crippen LogP contribution in [0.2, 0.25) is 0 Å². The predicted octanol–water partition coefficient (Wildman–Crippen LogP) is 3.83. The Morgan fingerprint density at radius 3 is 2.55 bits per heavy atom. The average Bonchev–Trinajstić information content (AvgIpc) is 2.46. The molecule has 0 aliphatic rings. The molecule has 20 heavy (non-hydrogen) atoms. The maximum Gasteiger partial charge on any atom is 0.336 e. The van der Waals surface area contributed by atoms with Crippen LogP contribution in [0, 0.1) is 6.92 Å². The molecule has 0 aliphatic heterocycles. The van der Waals surface area contributed by atoms with E-state index in [1.807, 2.05) is 44.2 Å². The van der Waals surface area contributed by atoms with Crippen LogP contribution in [0.25, 0.3) is 0 Å². The van der Waals surface area contributed by atoms with Crippen LogP contribution < -0.4 is 4.74 Å². The molecule has 2 aromatic carbocycles. The first kappa shape index (κ1) is 14.1. The molecule has 1 N–H and O–H groups in total. The minimum absolute atomic E-state index is 0.274. The highest BCUT2D eigenvalue weighted by Crippen LogP contribution is 2.21. The molecule has 0 aliphatic carbocycles. The Morgan fingerprint density at radius 2 is 1.90 bits per heavy atom. The van der Waals surface area contributed by atoms with E-state index in [-0.39, 0.29) is 6.61 Å². The van der Waals surface area contributed by atoms with Crippen molar-refractivity contribution in [2.45, 2.75) is 26.9 Å². The fraction of sp³-hybridized carbons (Fsp3) is 0.235. The highest BCUT2D eigenvalue weighted by Gasteiger charge is 2.14. The van der Waals surface area contributed by atoms with Gasteiger partial charge in [-0.3, -0.25) is 0 Å². The molecule has 3 heteroatoms. The van der Waals surface area contributed by atoms with Gasteiger partial charge in [0.15, 0.2) is 0 Å². The van der Waals surface area contributed by atoms with E-state index in [9.17, 15) is 9.90 Å². The number of hydrogen-bond donors (Lipinski definition) is 1. The van der Waals surface area contributed by atoms with Gasteiger partial charge in [-0.1, -0.05) is 37.3 Å². The highest BCUT2D eigenvalue weighted by atomic mass is 16.5. The second-order valence-electron chi connectivity index (χ2n) is 4.66. The normalized spacial score (nSPS) is 10.3. The minimum Gasteiger partial charge on any atom is -0.489 e. The number of carboxylic acid groups (broad SMARTS) is 1. The summed E-state index contributed by atoms with van der Waals surface area (Å²) in [6, 6.07) is 13.1. The van der Waals surface area contributed by atoms with E-state index in [2.05, 4.69) is 0 Å². The van der Waals surface area contributed by atoms with Crippen molar-refractivity contribution in [3.05, 3.63) is 64.7 Å². The number of ether oxygens (including phenoxy) is 1. The summed E-state index contributed by atoms with van der Waals surface area (Å²) in [5, 5.41) is 9.28. The van der Waals surface area contributed by atoms with Crippen molar-refractivity contribution < 1.29 is 14.6 Å². The summed E-state index contributed by atoms with van der Waals surface area (Å²) in [7, 11) is 0. The number of para-hydroxylation sites is 1. The zero-order chi connectivity index (χ0) is 14.5. The fourth-order valence-corrected chi connectivity index (χ4v) is 2.20. The minimum atomic E-state index is -0.913. The molecule has 0 unspecified atom stereocenters. The van der Waals surface area contributed by atoms with Crippen LogP contribution in [0.5, 0.6) is 5.75 Å². The number of carboxylic acids is 1. The van der Waals surface area contributed by atoms with Crippen LogP contribution in [0.1, 0.15) is 34.0 Å². The molecule has 0 bridgehead atoms. The molecule has 0 fully saturated rings. The van der Waals surface area contributed by atoms with Crippen molar-refractivity contribution in [3.8, 4) is 5.75 Å². The van der Waals surface area contributed by atoms with Crippen molar-refractivity contribution in [2.75, 3.05) is 0 Å². The standard InChI is InChI=1S/C17H18O3/c1-3-13-8-6-9-14(17(18)19)15(13)11-20-16-10-5-4-7-12(16)2/h4-10H,3,11H2,1-2H3,(H,18,19). The number of aromatic carboxylic acids is 1. The first-order valence-corrected chi connectivity index (χ1v) is 6.66. The van der Waals surface area contributed by atoms with Gasteiger partial charge < -0.3 is 9.84 Å². The molecule has 2 rings (SSSR count). The molecule has 2 aromatic rings. The third-order valence-electron chi connectivity index (χ3n) is 3.35. The number of benzene rings is 2. The first-order valence-electron chi connectivity index (χ1n) is 6.66. The molecule has 0 saturated heterocycles. The summed E-state index contributed by atoms with van der Waals surface area (Å²) < 4.78 is 5.79. The van der Waals surface area contributed by atoms with Gasteiger partial charge in [0.25, 0.3) is 0 Å². The van der Waals surface area contributed by atoms with Crippen molar-refractivity contribution >= 4 is 5.97 Å². The topological polar surface area (TPSA) is 46.5 Å². The van der Waals surface area contributed by atoms with E-state index < -0.39 is 5.97 Å². The molecule has 0 spiro atoms. The smallest absolute Gasteiger partial charge is 0.336 e. The molecule has 0 radical (unpaired) electrons. The number of carbonyl (C=O) groups is 1. The second kappa shape index (κ2) is 6.24. The Morgan fingerprint density at radius 1 is 1.15 bits per heavy atom. The van der Waals surface area contributed by atoms with Gasteiger partial charge in [0.2, 0.25) is 0 Å². The SMILES string of the molecule is CCc1cccc(C(=O)O)c1COc1ccccc1C. The molecule has 104 valence electrons. The van der Waals surface area contributed by atoms with E-state index in [0.29, 0.717) is 5.56 Å². The lowest BCUT2D eigenvalue weighted by molar-refractivity contribution is 0.0693. The third kappa shape index (κ3) is 2.99. The molecular formula is C17H18O3. The Labute approximate surface area is 118 Å². The Kier molecular flexibility index (Phi) is 4.41. The van der Waals surface area contributed by atoms with Crippen molar-refractivity contribution in [2.24, 2.45) is 0 Å². The fourth-order valence-electron chi connectivity index (χ4n) is 2.20. The Balaban J connectivity index is 2.29. The number of rotatable bonds is 5. The van der Waals surface area contributed by atoms with Gasteiger partial charge in [0.05, 0.1) is 5.56 Å². The lowest BCUT2D eigenvalue weighted by Gasteiger charge is -2.14. The van der Waals surface area contributed by atoms with Gasteiger partial charge in [-0.2, -0.15) is 0 Å². The van der Waals surface area contributed by atoms with Crippen LogP contribution in [-0.4, -0.2) is 11.1 Å². The van der Waals surface area contributed by atoms with Gasteiger partial charge in [0.1, 0.15) is 12.4 Å². The molecule has 0 atom stereocenters. The zero-order valence-electron chi connectivity index (χ0n) is 11.7. The van der Waals surface area contributed by atoms with Gasteiger partial charge in [-0.15, -0.1) is 0 Å². The van der Waals surface area contributed by atoms with E-state index in [4.69, 9.17) is 4.74 Å². The molecular weight excluding hydrogens is 252 g/mol. The molecule has 0 amide bonds. The third-order valence-corrected chi connectivity index (χ3v) is 3.35. The van der Waals surface area contributed by atoms with E-state index in [0.717, 1.165) is 28.9 Å². The molecule has 0 heterocycles. The number of hydrogen-bond acceptors (Lipinski definition) is 2. The summed E-state index contributed by atoms with van der Waals surface area (Å²) in [4.78, 5) is 11.3. The van der Waals surface area contributed by atoms with Gasteiger partial charge in [0, 0.05) is 5.56 Å². The summed E-state index contributed by atoms with van der Waals surface area (Å²) in [5.74, 6) is -0.126. The Hall–Kier alpha value is -2.29. The Bertz CT molecular complexity index is 617. The summed E-state index contributed by atoms with van der Waals surface area (Å²) in [5.41, 5.74) is 3.13. The summed E-state index contributed by atoms with van der Waals surface area (Å²) in [6.45, 7) is 4.26. The van der Waals surface area contributed by atoms with E-state index in [1.54, 1.807) is 12.1 Å². The average molecular weight is 270 g/mol. The van der Waals surface area contributed by atoms with Crippen molar-refractivity contribution in [3.63, 3.8) is 0 Å². The first-order chi connectivity index (χ1) is 9.63. The monoisotopic (exact) mass is 270 g/mol. The number of aryl methyl sites for hydroxylation is 2. The van der Waals surface area contributed by atoms with Crippen molar-refractivity contribution in [1.82, 2.24) is 0 Å². The van der Waals surface area contributed by atoms with Crippen LogP contribution in [0.4, 0.5) is 0 Å². The predicted molar refractivity (Wildman–Crippen MR) is 78.3 cm³/mol. The second-order valence-corrected chi connectivity index (χ2v) is 4.66. The van der Waals surface area contributed by atoms with Crippen LogP contribution in [-0.2, 0) is 13.0 Å². The van der Waals surface area contributed by atoms with Crippen LogP contribution in [0.15, 0.2) is 42.5 Å². The lowest BCUT2D eigenvalue weighted by atomic mass is 10.00. The van der Waals surface area contributed by atoms with Crippen LogP contribution >= 0.6 is 0 Å². The quantitative estimate of drug-likeness (QED) is 0.898. The van der Waals surface area contributed by atoms with Gasteiger partial charge >= 0.3 is 5.97 Å². The largest absolute Gasteiger partial charge is 0.489 e. The zero-order valence-corrected chi connectivity index (χ0v) is 11.7. The van der Waals surface area contributed by atoms with Gasteiger partial charge in [-0.05, 0) is 36.6 Å². The highest BCUT2D eigenvalue weighted by molar-refractivity contribution is 5.89. The summed E-state index contributed by atoms with van der Waals surface area (Å²) >= 11 is 0. The van der Waals surface area contributed by atoms with Gasteiger partial charge in [-0.25, -0.2) is 4.79 Å². The van der Waals surface area contributed by atoms with Crippen LogP contribution in [0.3, 0.4) is 0 Å². The van der Waals surface area contributed by atoms with E-state index in [1.165, 1.54) is 0 Å². The van der Waals surface area contributed by atoms with E-state index >= 15 is 0 Å². The molecule has 0 aromatic heterocycles. The lowest BCUT2D eigenvalue weighted by Crippen LogP contribution is -2.09. The molecule has 3 nitrogen and oxygen atoms in total. The summed E-state index contributed by atoms with van der Waals surface area (Å²) in [6.07, 6.45) is 0.785. The maximum absolute atomic E-state index is 11.3. The van der Waals surface area contributed by atoms with Crippen molar-refractivity contribution in [1.29, 1.82) is 0 Å². The maximum atomic E-state index is 11.3.